The molecule has 0 saturated heterocycles. The second kappa shape index (κ2) is 13.9. The molecule has 0 aliphatic rings. The number of hydrazone groups is 1. The quantitative estimate of drug-likeness (QED) is 0.163. The summed E-state index contributed by atoms with van der Waals surface area (Å²) in [6, 6.07) is 17.7. The minimum Gasteiger partial charge on any atom is -0.483 e. The normalized spacial score (nSPS) is 10.9. The van der Waals surface area contributed by atoms with Gasteiger partial charge in [-0.15, -0.1) is 0 Å². The lowest BCUT2D eigenvalue weighted by atomic mass is 10.0. The predicted molar refractivity (Wildman–Crippen MR) is 153 cm³/mol. The third-order valence-corrected chi connectivity index (χ3v) is 6.54. The van der Waals surface area contributed by atoms with Gasteiger partial charge in [-0.1, -0.05) is 83.3 Å². The summed E-state index contributed by atoms with van der Waals surface area (Å²) < 4.78 is 6.34. The van der Waals surface area contributed by atoms with Gasteiger partial charge in [0.05, 0.1) is 21.9 Å². The van der Waals surface area contributed by atoms with Gasteiger partial charge in [-0.05, 0) is 47.4 Å². The van der Waals surface area contributed by atoms with E-state index in [2.05, 4.69) is 50.9 Å². The van der Waals surface area contributed by atoms with E-state index in [1.807, 2.05) is 24.3 Å². The Balaban J connectivity index is 1.53. The maximum absolute atomic E-state index is 12.3. The van der Waals surface area contributed by atoms with Crippen molar-refractivity contribution in [3.8, 4) is 5.75 Å². The van der Waals surface area contributed by atoms with Gasteiger partial charge in [0.2, 0.25) is 0 Å². The van der Waals surface area contributed by atoms with Gasteiger partial charge in [0.25, 0.3) is 5.91 Å². The van der Waals surface area contributed by atoms with Crippen molar-refractivity contribution in [3.63, 3.8) is 0 Å². The van der Waals surface area contributed by atoms with E-state index in [4.69, 9.17) is 27.9 Å². The highest BCUT2D eigenvalue weighted by atomic mass is 79.9. The van der Waals surface area contributed by atoms with E-state index in [0.717, 1.165) is 5.56 Å². The molecular weight excluding hydrogens is 595 g/mol. The van der Waals surface area contributed by atoms with E-state index >= 15 is 0 Å². The molecule has 0 heterocycles. The molecule has 0 radical (unpaired) electrons. The summed E-state index contributed by atoms with van der Waals surface area (Å²) in [7, 11) is 0. The van der Waals surface area contributed by atoms with E-state index in [0.29, 0.717) is 32.4 Å². The molecule has 3 N–H and O–H groups in total. The molecule has 0 aliphatic heterocycles. The molecule has 0 bridgehead atoms. The average molecular weight is 620 g/mol. The Labute approximate surface area is 238 Å². The van der Waals surface area contributed by atoms with Gasteiger partial charge < -0.3 is 15.4 Å². The first-order valence-corrected chi connectivity index (χ1v) is 13.0. The fourth-order valence-electron chi connectivity index (χ4n) is 3.18. The van der Waals surface area contributed by atoms with Crippen molar-refractivity contribution in [3.05, 3.63) is 91.9 Å². The smallest absolute Gasteiger partial charge is 0.329 e. The van der Waals surface area contributed by atoms with Crippen molar-refractivity contribution in [2.24, 2.45) is 5.10 Å². The summed E-state index contributed by atoms with van der Waals surface area (Å²) >= 11 is 15.4. The Bertz CT molecular complexity index is 1350. The zero-order valence-corrected chi connectivity index (χ0v) is 23.7. The number of halogens is 3. The second-order valence-corrected chi connectivity index (χ2v) is 10.1. The molecule has 0 aliphatic carbocycles. The first kappa shape index (κ1) is 29.2. The monoisotopic (exact) mass is 618 g/mol. The van der Waals surface area contributed by atoms with Gasteiger partial charge in [-0.25, -0.2) is 5.43 Å². The molecule has 0 aromatic heterocycles. The number of anilines is 1. The number of benzene rings is 3. The largest absolute Gasteiger partial charge is 0.483 e. The number of hydrogen-bond donors (Lipinski definition) is 3. The van der Waals surface area contributed by atoms with Crippen LogP contribution in [0, 0.1) is 0 Å². The molecule has 38 heavy (non-hydrogen) atoms. The van der Waals surface area contributed by atoms with Gasteiger partial charge in [0.1, 0.15) is 5.75 Å². The van der Waals surface area contributed by atoms with Crippen molar-refractivity contribution in [2.75, 3.05) is 11.9 Å². The molecule has 3 amide bonds. The molecule has 11 heteroatoms. The Morgan fingerprint density at radius 1 is 1.03 bits per heavy atom. The summed E-state index contributed by atoms with van der Waals surface area (Å²) in [6.45, 7) is 4.08. The van der Waals surface area contributed by atoms with E-state index in [1.165, 1.54) is 11.8 Å². The zero-order chi connectivity index (χ0) is 27.7. The fraction of sp³-hybridized carbons (Fsp3) is 0.185. The number of carbonyl (C=O) groups is 3. The Hall–Kier alpha value is -3.40. The number of nitrogens with one attached hydrogen (secondary N) is 3. The Morgan fingerprint density at radius 3 is 2.47 bits per heavy atom. The van der Waals surface area contributed by atoms with Crippen LogP contribution in [0.2, 0.25) is 10.0 Å². The molecular formula is C27H25BrCl2N4O4. The minimum atomic E-state index is -0.921. The summed E-state index contributed by atoms with van der Waals surface area (Å²) in [6.07, 6.45) is 1.31. The van der Waals surface area contributed by atoms with Crippen LogP contribution in [-0.2, 0) is 20.9 Å². The van der Waals surface area contributed by atoms with Gasteiger partial charge in [-0.2, -0.15) is 5.10 Å². The van der Waals surface area contributed by atoms with E-state index in [9.17, 15) is 14.4 Å². The maximum atomic E-state index is 12.3. The Kier molecular flexibility index (Phi) is 10.7. The van der Waals surface area contributed by atoms with Gasteiger partial charge >= 0.3 is 11.8 Å². The molecule has 3 rings (SSSR count). The maximum Gasteiger partial charge on any atom is 0.329 e. The third-order valence-electron chi connectivity index (χ3n) is 5.23. The number of hydrogen-bond acceptors (Lipinski definition) is 5. The fourth-order valence-corrected chi connectivity index (χ4v) is 3.90. The van der Waals surface area contributed by atoms with E-state index in [1.54, 1.807) is 36.4 Å². The summed E-state index contributed by atoms with van der Waals surface area (Å²) in [5, 5.41) is 9.57. The van der Waals surface area contributed by atoms with Crippen LogP contribution in [0.25, 0.3) is 0 Å². The van der Waals surface area contributed by atoms with Crippen LogP contribution in [-0.4, -0.2) is 30.5 Å². The molecule has 0 unspecified atom stereocenters. The standard InChI is InChI=1S/C27H25BrCl2N4O4/c1-16(2)18-8-6-17(7-9-18)13-31-26(36)27(37)34-32-14-19-12-20(28)10-11-23(19)38-15-24(35)33-22-5-3-4-21(29)25(22)30/h3-12,14,16H,13,15H2,1-2H3,(H,31,36)(H,33,35)(H,34,37)/b32-14-. The summed E-state index contributed by atoms with van der Waals surface area (Å²) in [4.78, 5) is 36.6. The lowest BCUT2D eigenvalue weighted by molar-refractivity contribution is -0.139. The van der Waals surface area contributed by atoms with E-state index < -0.39 is 17.7 Å². The van der Waals surface area contributed by atoms with Crippen LogP contribution in [0.1, 0.15) is 36.5 Å². The number of carbonyl (C=O) groups excluding carboxylic acids is 3. The number of rotatable bonds is 9. The van der Waals surface area contributed by atoms with Crippen molar-refractivity contribution >= 4 is 68.8 Å². The highest BCUT2D eigenvalue weighted by Gasteiger charge is 2.13. The van der Waals surface area contributed by atoms with Crippen LogP contribution in [0.15, 0.2) is 70.2 Å². The van der Waals surface area contributed by atoms with Crippen LogP contribution in [0.3, 0.4) is 0 Å². The second-order valence-electron chi connectivity index (χ2n) is 8.40. The van der Waals surface area contributed by atoms with Gasteiger partial charge in [0, 0.05) is 16.6 Å². The van der Waals surface area contributed by atoms with E-state index in [-0.39, 0.29) is 18.2 Å². The first-order chi connectivity index (χ1) is 18.1. The third kappa shape index (κ3) is 8.58. The van der Waals surface area contributed by atoms with Crippen LogP contribution in [0.4, 0.5) is 5.69 Å². The molecule has 0 fully saturated rings. The van der Waals surface area contributed by atoms with Gasteiger partial charge in [-0.3, -0.25) is 14.4 Å². The van der Waals surface area contributed by atoms with Crippen LogP contribution < -0.4 is 20.8 Å². The first-order valence-electron chi connectivity index (χ1n) is 11.5. The summed E-state index contributed by atoms with van der Waals surface area (Å²) in [5.41, 5.74) is 5.07. The molecule has 0 spiro atoms. The highest BCUT2D eigenvalue weighted by Crippen LogP contribution is 2.29. The summed E-state index contributed by atoms with van der Waals surface area (Å²) in [5.74, 6) is -1.47. The van der Waals surface area contributed by atoms with Crippen LogP contribution in [0.5, 0.6) is 5.75 Å². The SMILES string of the molecule is CC(C)c1ccc(CNC(=O)C(=O)N/N=C\c2cc(Br)ccc2OCC(=O)Nc2cccc(Cl)c2Cl)cc1. The highest BCUT2D eigenvalue weighted by molar-refractivity contribution is 9.10. The zero-order valence-electron chi connectivity index (χ0n) is 20.6. The molecule has 0 saturated carbocycles. The number of ether oxygens (including phenoxy) is 1. The molecule has 3 aromatic rings. The van der Waals surface area contributed by atoms with Crippen molar-refractivity contribution in [1.82, 2.24) is 10.7 Å². The van der Waals surface area contributed by atoms with Crippen molar-refractivity contribution in [2.45, 2.75) is 26.3 Å². The molecule has 3 aromatic carbocycles. The Morgan fingerprint density at radius 2 is 1.76 bits per heavy atom. The predicted octanol–water partition coefficient (Wildman–Crippen LogP) is 5.66. The minimum absolute atomic E-state index is 0.209. The molecule has 198 valence electrons. The van der Waals surface area contributed by atoms with Gasteiger partial charge in [0.15, 0.2) is 6.61 Å². The lowest BCUT2D eigenvalue weighted by Crippen LogP contribution is -2.37. The molecule has 0 atom stereocenters. The number of nitrogens with zero attached hydrogens (tertiary/aromatic N) is 1. The van der Waals surface area contributed by atoms with Crippen LogP contribution >= 0.6 is 39.1 Å². The lowest BCUT2D eigenvalue weighted by Gasteiger charge is -2.11. The van der Waals surface area contributed by atoms with Crippen molar-refractivity contribution < 1.29 is 19.1 Å². The average Bonchev–Trinajstić information content (AvgIpc) is 2.89. The van der Waals surface area contributed by atoms with Crippen molar-refractivity contribution in [1.29, 1.82) is 0 Å². The molecule has 8 nitrogen and oxygen atoms in total. The number of amides is 3. The topological polar surface area (TPSA) is 109 Å².